The summed E-state index contributed by atoms with van der Waals surface area (Å²) in [7, 11) is 1.70. The van der Waals surface area contributed by atoms with Crippen molar-refractivity contribution in [1.82, 2.24) is 14.9 Å². The molecule has 6 heteroatoms. The minimum Gasteiger partial charge on any atom is -0.383 e. The molecule has 1 saturated heterocycles. The van der Waals surface area contributed by atoms with Gasteiger partial charge in [-0.25, -0.2) is 4.98 Å². The first kappa shape index (κ1) is 13.5. The van der Waals surface area contributed by atoms with E-state index >= 15 is 0 Å². The summed E-state index contributed by atoms with van der Waals surface area (Å²) in [6.45, 7) is 5.17. The molecule has 1 aliphatic rings. The molecule has 0 spiro atoms. The van der Waals surface area contributed by atoms with Crippen LogP contribution in [0.5, 0.6) is 0 Å². The Morgan fingerprint density at radius 3 is 3.28 bits per heavy atom. The predicted molar refractivity (Wildman–Crippen MR) is 66.4 cm³/mol. The Kier molecular flexibility index (Phi) is 5.60. The molecule has 102 valence electrons. The van der Waals surface area contributed by atoms with Crippen molar-refractivity contribution in [2.75, 3.05) is 40.1 Å². The number of nitrogens with zero attached hydrogens (tertiary/aromatic N) is 2. The van der Waals surface area contributed by atoms with Gasteiger partial charge in [-0.05, 0) is 0 Å². The lowest BCUT2D eigenvalue weighted by Crippen LogP contribution is -2.31. The lowest BCUT2D eigenvalue weighted by atomic mass is 10.3. The van der Waals surface area contributed by atoms with E-state index in [1.165, 1.54) is 0 Å². The Morgan fingerprint density at radius 2 is 2.50 bits per heavy atom. The molecule has 1 unspecified atom stereocenters. The van der Waals surface area contributed by atoms with E-state index in [0.29, 0.717) is 26.4 Å². The second-order valence-corrected chi connectivity index (χ2v) is 4.30. The molecule has 0 radical (unpaired) electrons. The zero-order valence-corrected chi connectivity index (χ0v) is 10.8. The molecule has 1 atom stereocenters. The van der Waals surface area contributed by atoms with Crippen molar-refractivity contribution in [2.24, 2.45) is 0 Å². The molecule has 1 N–H and O–H groups in total. The quantitative estimate of drug-likeness (QED) is 0.697. The molecule has 2 rings (SSSR count). The van der Waals surface area contributed by atoms with Crippen molar-refractivity contribution in [3.05, 3.63) is 18.2 Å². The summed E-state index contributed by atoms with van der Waals surface area (Å²) >= 11 is 0. The van der Waals surface area contributed by atoms with E-state index in [4.69, 9.17) is 14.2 Å². The van der Waals surface area contributed by atoms with Crippen LogP contribution in [0.25, 0.3) is 0 Å². The van der Waals surface area contributed by atoms with Crippen LogP contribution in [0.3, 0.4) is 0 Å². The maximum absolute atomic E-state index is 5.60. The highest BCUT2D eigenvalue weighted by Gasteiger charge is 2.14. The van der Waals surface area contributed by atoms with Gasteiger partial charge in [0.2, 0.25) is 0 Å². The molecule has 0 amide bonds. The number of rotatable bonds is 7. The van der Waals surface area contributed by atoms with Gasteiger partial charge in [0.05, 0.1) is 51.1 Å². The van der Waals surface area contributed by atoms with Crippen molar-refractivity contribution >= 4 is 0 Å². The number of nitrogens with one attached hydrogen (secondary N) is 1. The zero-order valence-electron chi connectivity index (χ0n) is 10.8. The lowest BCUT2D eigenvalue weighted by Gasteiger charge is -2.22. The summed E-state index contributed by atoms with van der Waals surface area (Å²) in [4.78, 5) is 4.34. The average molecular weight is 255 g/mol. The van der Waals surface area contributed by atoms with Crippen LogP contribution in [0, 0.1) is 0 Å². The summed E-state index contributed by atoms with van der Waals surface area (Å²) in [5.74, 6) is 0. The van der Waals surface area contributed by atoms with Gasteiger partial charge in [-0.2, -0.15) is 0 Å². The van der Waals surface area contributed by atoms with Gasteiger partial charge in [0, 0.05) is 26.4 Å². The van der Waals surface area contributed by atoms with E-state index in [2.05, 4.69) is 10.3 Å². The first-order chi connectivity index (χ1) is 8.88. The fraction of sp³-hybridized carbons (Fsp3) is 0.750. The summed E-state index contributed by atoms with van der Waals surface area (Å²) in [5, 5.41) is 3.26. The number of imidazole rings is 1. The van der Waals surface area contributed by atoms with Crippen LogP contribution in [0.15, 0.2) is 12.5 Å². The molecular weight excluding hydrogens is 234 g/mol. The van der Waals surface area contributed by atoms with Gasteiger partial charge in [-0.3, -0.25) is 0 Å². The highest BCUT2D eigenvalue weighted by atomic mass is 16.6. The fourth-order valence-electron chi connectivity index (χ4n) is 1.87. The van der Waals surface area contributed by atoms with Crippen LogP contribution in [0.2, 0.25) is 0 Å². The van der Waals surface area contributed by atoms with E-state index in [-0.39, 0.29) is 6.10 Å². The third kappa shape index (κ3) is 4.38. The molecule has 1 aromatic heterocycles. The van der Waals surface area contributed by atoms with Gasteiger partial charge in [0.15, 0.2) is 0 Å². The molecule has 0 aliphatic carbocycles. The van der Waals surface area contributed by atoms with Crippen LogP contribution in [-0.2, 0) is 27.3 Å². The third-order valence-electron chi connectivity index (χ3n) is 2.78. The average Bonchev–Trinajstić information content (AvgIpc) is 2.84. The maximum atomic E-state index is 5.60. The van der Waals surface area contributed by atoms with Crippen LogP contribution in [0.1, 0.15) is 5.69 Å². The molecule has 2 heterocycles. The van der Waals surface area contributed by atoms with E-state index in [0.717, 1.165) is 25.3 Å². The van der Waals surface area contributed by atoms with Crippen LogP contribution in [0.4, 0.5) is 0 Å². The topological polar surface area (TPSA) is 57.5 Å². The predicted octanol–water partition coefficient (Wildman–Crippen LogP) is 0.0345. The molecule has 0 bridgehead atoms. The minimum atomic E-state index is 0.141. The number of hydrogen-bond donors (Lipinski definition) is 1. The van der Waals surface area contributed by atoms with Crippen LogP contribution in [-0.4, -0.2) is 55.7 Å². The Labute approximate surface area is 107 Å². The highest BCUT2D eigenvalue weighted by molar-refractivity contribution is 4.96. The second kappa shape index (κ2) is 7.48. The van der Waals surface area contributed by atoms with Gasteiger partial charge < -0.3 is 24.1 Å². The van der Waals surface area contributed by atoms with Gasteiger partial charge >= 0.3 is 0 Å². The third-order valence-corrected chi connectivity index (χ3v) is 2.78. The summed E-state index contributed by atoms with van der Waals surface area (Å²) in [5.41, 5.74) is 1.03. The first-order valence-corrected chi connectivity index (χ1v) is 6.28. The molecular formula is C12H21N3O3. The van der Waals surface area contributed by atoms with E-state index in [1.54, 1.807) is 7.11 Å². The summed E-state index contributed by atoms with van der Waals surface area (Å²) in [6, 6.07) is 0. The van der Waals surface area contributed by atoms with Crippen molar-refractivity contribution in [1.29, 1.82) is 0 Å². The monoisotopic (exact) mass is 255 g/mol. The highest BCUT2D eigenvalue weighted by Crippen LogP contribution is 2.05. The van der Waals surface area contributed by atoms with E-state index in [1.807, 2.05) is 17.1 Å². The molecule has 6 nitrogen and oxygen atoms in total. The molecule has 1 fully saturated rings. The smallest absolute Gasteiger partial charge is 0.0988 e. The Balaban J connectivity index is 1.71. The number of methoxy groups -OCH3 is 1. The molecule has 0 aromatic carbocycles. The number of aromatic nitrogens is 2. The van der Waals surface area contributed by atoms with Gasteiger partial charge in [0.1, 0.15) is 0 Å². The number of hydrogen-bond acceptors (Lipinski definition) is 5. The SMILES string of the molecule is COCCNCc1cn(CC2COCCO2)cn1. The summed E-state index contributed by atoms with van der Waals surface area (Å²) in [6.07, 6.45) is 4.02. The molecule has 0 saturated carbocycles. The molecule has 1 aliphatic heterocycles. The van der Waals surface area contributed by atoms with Crippen LogP contribution < -0.4 is 5.32 Å². The standard InChI is InChI=1S/C12H21N3O3/c1-16-3-2-13-6-11-7-15(10-14-11)8-12-9-17-4-5-18-12/h7,10,12-13H,2-6,8-9H2,1H3. The van der Waals surface area contributed by atoms with Crippen molar-refractivity contribution < 1.29 is 14.2 Å². The van der Waals surface area contributed by atoms with Crippen molar-refractivity contribution in [3.63, 3.8) is 0 Å². The zero-order chi connectivity index (χ0) is 12.6. The normalized spacial score (nSPS) is 20.2. The first-order valence-electron chi connectivity index (χ1n) is 6.28. The van der Waals surface area contributed by atoms with Crippen molar-refractivity contribution in [2.45, 2.75) is 19.2 Å². The van der Waals surface area contributed by atoms with Gasteiger partial charge in [-0.15, -0.1) is 0 Å². The summed E-state index contributed by atoms with van der Waals surface area (Å²) < 4.78 is 18.0. The van der Waals surface area contributed by atoms with E-state index in [9.17, 15) is 0 Å². The Hall–Kier alpha value is -0.950. The fourth-order valence-corrected chi connectivity index (χ4v) is 1.87. The van der Waals surface area contributed by atoms with Gasteiger partial charge in [-0.1, -0.05) is 0 Å². The maximum Gasteiger partial charge on any atom is 0.0988 e. The van der Waals surface area contributed by atoms with Gasteiger partial charge in [0.25, 0.3) is 0 Å². The van der Waals surface area contributed by atoms with Crippen LogP contribution >= 0.6 is 0 Å². The molecule has 18 heavy (non-hydrogen) atoms. The number of ether oxygens (including phenoxy) is 3. The Morgan fingerprint density at radius 1 is 1.56 bits per heavy atom. The lowest BCUT2D eigenvalue weighted by molar-refractivity contribution is -0.0936. The van der Waals surface area contributed by atoms with Crippen molar-refractivity contribution in [3.8, 4) is 0 Å². The largest absolute Gasteiger partial charge is 0.383 e. The minimum absolute atomic E-state index is 0.141. The molecule has 1 aromatic rings. The van der Waals surface area contributed by atoms with E-state index < -0.39 is 0 Å². The second-order valence-electron chi connectivity index (χ2n) is 4.30. The Bertz CT molecular complexity index is 337.